The standard InChI is InChI=1S/C27H26N4O2/c1-16-10-12-20(13-11-16)31-27-25(18(3)29-31)17(2)14-24(28-27)33-15-23(32)26-19(4)30(5)22-9-7-6-8-21(22)26/h6-14H,15H2,1-5H3. The van der Waals surface area contributed by atoms with Crippen molar-refractivity contribution in [3.05, 3.63) is 82.7 Å². The summed E-state index contributed by atoms with van der Waals surface area (Å²) in [5.41, 5.74) is 7.42. The van der Waals surface area contributed by atoms with Crippen LogP contribution in [0.3, 0.4) is 0 Å². The first-order valence-electron chi connectivity index (χ1n) is 11.0. The summed E-state index contributed by atoms with van der Waals surface area (Å²) in [5.74, 6) is 0.353. The van der Waals surface area contributed by atoms with Gasteiger partial charge in [-0.25, -0.2) is 4.68 Å². The number of carbonyl (C=O) groups excluding carboxylic acids is 1. The van der Waals surface area contributed by atoms with E-state index in [0.717, 1.165) is 44.6 Å². The highest BCUT2D eigenvalue weighted by Crippen LogP contribution is 2.28. The fourth-order valence-corrected chi connectivity index (χ4v) is 4.50. The van der Waals surface area contributed by atoms with Crippen LogP contribution in [0.1, 0.15) is 32.9 Å². The Morgan fingerprint density at radius 1 is 1.00 bits per heavy atom. The van der Waals surface area contributed by atoms with E-state index in [4.69, 9.17) is 14.8 Å². The molecular weight excluding hydrogens is 412 g/mol. The van der Waals surface area contributed by atoms with Crippen molar-refractivity contribution in [3.63, 3.8) is 0 Å². The highest BCUT2D eigenvalue weighted by molar-refractivity contribution is 6.10. The monoisotopic (exact) mass is 438 g/mol. The fraction of sp³-hybridized carbons (Fsp3) is 0.222. The lowest BCUT2D eigenvalue weighted by Crippen LogP contribution is -2.13. The molecular formula is C27H26N4O2. The Morgan fingerprint density at radius 2 is 1.73 bits per heavy atom. The highest BCUT2D eigenvalue weighted by atomic mass is 16.5. The van der Waals surface area contributed by atoms with Crippen LogP contribution < -0.4 is 4.74 Å². The molecule has 166 valence electrons. The molecule has 0 amide bonds. The summed E-state index contributed by atoms with van der Waals surface area (Å²) < 4.78 is 9.81. The Hall–Kier alpha value is -3.93. The van der Waals surface area contributed by atoms with Gasteiger partial charge in [0.25, 0.3) is 0 Å². The zero-order chi connectivity index (χ0) is 23.3. The van der Waals surface area contributed by atoms with Gasteiger partial charge in [0.2, 0.25) is 11.7 Å². The average molecular weight is 439 g/mol. The minimum Gasteiger partial charge on any atom is -0.469 e. The lowest BCUT2D eigenvalue weighted by molar-refractivity contribution is 0.0919. The molecule has 33 heavy (non-hydrogen) atoms. The third-order valence-corrected chi connectivity index (χ3v) is 6.29. The minimum absolute atomic E-state index is 0.0629. The predicted molar refractivity (Wildman–Crippen MR) is 131 cm³/mol. The van der Waals surface area contributed by atoms with Gasteiger partial charge in [-0.05, 0) is 51.5 Å². The molecule has 6 heteroatoms. The van der Waals surface area contributed by atoms with Crippen molar-refractivity contribution >= 4 is 27.7 Å². The first kappa shape index (κ1) is 20.9. The second kappa shape index (κ2) is 7.89. The number of hydrogen-bond donors (Lipinski definition) is 0. The van der Waals surface area contributed by atoms with Crippen LogP contribution in [0.25, 0.3) is 27.6 Å². The van der Waals surface area contributed by atoms with E-state index in [0.29, 0.717) is 11.4 Å². The van der Waals surface area contributed by atoms with Crippen LogP contribution in [0.2, 0.25) is 0 Å². The topological polar surface area (TPSA) is 61.9 Å². The van der Waals surface area contributed by atoms with E-state index in [9.17, 15) is 4.79 Å². The Labute approximate surface area is 192 Å². The molecule has 0 N–H and O–H groups in total. The van der Waals surface area contributed by atoms with Crippen LogP contribution in [0.4, 0.5) is 0 Å². The Bertz CT molecular complexity index is 1520. The maximum atomic E-state index is 13.2. The number of ketones is 1. The number of nitrogens with zero attached hydrogens (tertiary/aromatic N) is 4. The van der Waals surface area contributed by atoms with Crippen molar-refractivity contribution in [2.75, 3.05) is 6.61 Å². The fourth-order valence-electron chi connectivity index (χ4n) is 4.50. The van der Waals surface area contributed by atoms with E-state index >= 15 is 0 Å². The largest absolute Gasteiger partial charge is 0.469 e. The Morgan fingerprint density at radius 3 is 2.48 bits per heavy atom. The first-order chi connectivity index (χ1) is 15.8. The summed E-state index contributed by atoms with van der Waals surface area (Å²) in [6.07, 6.45) is 0. The molecule has 0 aliphatic heterocycles. The van der Waals surface area contributed by atoms with Crippen molar-refractivity contribution in [2.45, 2.75) is 27.7 Å². The molecule has 3 heterocycles. The molecule has 0 atom stereocenters. The highest BCUT2D eigenvalue weighted by Gasteiger charge is 2.20. The van der Waals surface area contributed by atoms with Gasteiger partial charge in [-0.3, -0.25) is 4.79 Å². The number of para-hydroxylation sites is 1. The summed E-state index contributed by atoms with van der Waals surface area (Å²) >= 11 is 0. The minimum atomic E-state index is -0.0789. The van der Waals surface area contributed by atoms with Crippen LogP contribution in [0, 0.1) is 27.7 Å². The van der Waals surface area contributed by atoms with Gasteiger partial charge in [0.15, 0.2) is 12.3 Å². The smallest absolute Gasteiger partial charge is 0.216 e. The molecule has 0 bridgehead atoms. The van der Waals surface area contributed by atoms with E-state index < -0.39 is 0 Å². The second-order valence-electron chi connectivity index (χ2n) is 8.56. The van der Waals surface area contributed by atoms with Gasteiger partial charge in [0.05, 0.1) is 11.4 Å². The lowest BCUT2D eigenvalue weighted by Gasteiger charge is -2.09. The molecule has 0 saturated heterocycles. The lowest BCUT2D eigenvalue weighted by atomic mass is 10.1. The Kier molecular flexibility index (Phi) is 5.01. The molecule has 5 aromatic rings. The van der Waals surface area contributed by atoms with E-state index in [2.05, 4.69) is 19.1 Å². The second-order valence-corrected chi connectivity index (χ2v) is 8.56. The summed E-state index contributed by atoms with van der Waals surface area (Å²) in [5, 5.41) is 6.65. The van der Waals surface area contributed by atoms with Gasteiger partial charge in [0.1, 0.15) is 0 Å². The van der Waals surface area contributed by atoms with Crippen LogP contribution in [-0.2, 0) is 7.05 Å². The van der Waals surface area contributed by atoms with Gasteiger partial charge < -0.3 is 9.30 Å². The van der Waals surface area contributed by atoms with Crippen molar-refractivity contribution in [2.24, 2.45) is 7.05 Å². The van der Waals surface area contributed by atoms with E-state index in [1.54, 1.807) is 0 Å². The molecule has 3 aromatic heterocycles. The van der Waals surface area contributed by atoms with Crippen molar-refractivity contribution < 1.29 is 9.53 Å². The number of carbonyl (C=O) groups is 1. The van der Waals surface area contributed by atoms with Crippen LogP contribution in [-0.4, -0.2) is 31.7 Å². The summed E-state index contributed by atoms with van der Waals surface area (Å²) in [4.78, 5) is 17.9. The molecule has 0 aliphatic carbocycles. The van der Waals surface area contributed by atoms with Crippen LogP contribution >= 0.6 is 0 Å². The molecule has 6 nitrogen and oxygen atoms in total. The van der Waals surface area contributed by atoms with Crippen molar-refractivity contribution in [3.8, 4) is 11.6 Å². The number of ether oxygens (including phenoxy) is 1. The van der Waals surface area contributed by atoms with Crippen molar-refractivity contribution in [1.29, 1.82) is 0 Å². The SMILES string of the molecule is Cc1ccc(-n2nc(C)c3c(C)cc(OCC(=O)c4c(C)n(C)c5ccccc45)nc32)cc1. The third kappa shape index (κ3) is 3.48. The Balaban J connectivity index is 1.49. The first-order valence-corrected chi connectivity index (χ1v) is 11.0. The third-order valence-electron chi connectivity index (χ3n) is 6.29. The molecule has 0 spiro atoms. The van der Waals surface area contributed by atoms with Gasteiger partial charge in [0, 0.05) is 40.7 Å². The van der Waals surface area contributed by atoms with Crippen LogP contribution in [0.5, 0.6) is 5.88 Å². The zero-order valence-electron chi connectivity index (χ0n) is 19.5. The quantitative estimate of drug-likeness (QED) is 0.344. The van der Waals surface area contributed by atoms with E-state index in [1.165, 1.54) is 5.56 Å². The molecule has 0 unspecified atom stereocenters. The molecule has 0 saturated carbocycles. The van der Waals surface area contributed by atoms with E-state index in [1.807, 2.05) is 79.5 Å². The number of benzene rings is 2. The number of fused-ring (bicyclic) bond motifs is 2. The number of hydrogen-bond acceptors (Lipinski definition) is 4. The maximum absolute atomic E-state index is 13.2. The molecule has 0 radical (unpaired) electrons. The van der Waals surface area contributed by atoms with Crippen molar-refractivity contribution in [1.82, 2.24) is 19.3 Å². The number of pyridine rings is 1. The average Bonchev–Trinajstić information content (AvgIpc) is 3.27. The van der Waals surface area contributed by atoms with Gasteiger partial charge in [-0.15, -0.1) is 0 Å². The summed E-state index contributed by atoms with van der Waals surface area (Å²) in [6, 6.07) is 18.0. The predicted octanol–water partition coefficient (Wildman–Crippen LogP) is 5.41. The molecule has 5 rings (SSSR count). The summed E-state index contributed by atoms with van der Waals surface area (Å²) in [6.45, 7) is 7.94. The molecule has 2 aromatic carbocycles. The zero-order valence-corrected chi connectivity index (χ0v) is 19.5. The summed E-state index contributed by atoms with van der Waals surface area (Å²) in [7, 11) is 1.97. The number of aromatic nitrogens is 4. The normalized spacial score (nSPS) is 11.4. The molecule has 0 aliphatic rings. The number of aryl methyl sites for hydroxylation is 4. The maximum Gasteiger partial charge on any atom is 0.216 e. The number of Topliss-reactive ketones (excluding diaryl/α,β-unsaturated/α-hetero) is 1. The molecule has 0 fully saturated rings. The van der Waals surface area contributed by atoms with E-state index in [-0.39, 0.29) is 12.4 Å². The van der Waals surface area contributed by atoms with Gasteiger partial charge in [-0.2, -0.15) is 10.1 Å². The number of rotatable bonds is 5. The van der Waals surface area contributed by atoms with Gasteiger partial charge in [-0.1, -0.05) is 35.9 Å². The van der Waals surface area contributed by atoms with Crippen LogP contribution in [0.15, 0.2) is 54.6 Å². The van der Waals surface area contributed by atoms with Gasteiger partial charge >= 0.3 is 0 Å².